The number of imidazole rings is 1. The number of benzene rings is 2. The largest absolute Gasteiger partial charge is 0.296 e. The molecule has 25 heavy (non-hydrogen) atoms. The number of hydrogen-bond donors (Lipinski definition) is 0. The van der Waals surface area contributed by atoms with Crippen LogP contribution in [0.2, 0.25) is 5.02 Å². The molecule has 4 rings (SSSR count). The zero-order valence-electron chi connectivity index (χ0n) is 12.8. The van der Waals surface area contributed by atoms with E-state index >= 15 is 0 Å². The number of carbonyl (C=O) groups excluding carboxylic acids is 1. The van der Waals surface area contributed by atoms with E-state index in [-0.39, 0.29) is 5.82 Å². The van der Waals surface area contributed by atoms with E-state index in [0.29, 0.717) is 27.8 Å². The van der Waals surface area contributed by atoms with Crippen LogP contribution in [0.25, 0.3) is 16.2 Å². The fourth-order valence-electron chi connectivity index (χ4n) is 2.58. The van der Waals surface area contributed by atoms with Gasteiger partial charge in [0.25, 0.3) is 0 Å². The highest BCUT2D eigenvalue weighted by atomic mass is 35.5. The van der Waals surface area contributed by atoms with Gasteiger partial charge in [0.2, 0.25) is 4.96 Å². The molecule has 0 amide bonds. The highest BCUT2D eigenvalue weighted by Gasteiger charge is 2.17. The summed E-state index contributed by atoms with van der Waals surface area (Å²) in [6.45, 7) is 0. The third-order valence-corrected chi connectivity index (χ3v) is 4.94. The Labute approximate surface area is 151 Å². The van der Waals surface area contributed by atoms with Gasteiger partial charge < -0.3 is 0 Å². The Morgan fingerprint density at radius 3 is 2.52 bits per heavy atom. The molecule has 0 saturated carbocycles. The maximum absolute atomic E-state index is 13.0. The van der Waals surface area contributed by atoms with Gasteiger partial charge >= 0.3 is 0 Å². The molecule has 7 heteroatoms. The molecule has 0 spiro atoms. The van der Waals surface area contributed by atoms with Gasteiger partial charge in [-0.05, 0) is 29.8 Å². The Kier molecular flexibility index (Phi) is 4.07. The number of rotatable bonds is 4. The summed E-state index contributed by atoms with van der Waals surface area (Å²) >= 11 is 7.32. The summed E-state index contributed by atoms with van der Waals surface area (Å²) in [5, 5.41) is 5.91. The van der Waals surface area contributed by atoms with Crippen molar-refractivity contribution in [3.63, 3.8) is 0 Å². The number of carbonyl (C=O) groups is 1. The highest BCUT2D eigenvalue weighted by Crippen LogP contribution is 2.27. The van der Waals surface area contributed by atoms with Crippen LogP contribution < -0.4 is 0 Å². The maximum atomic E-state index is 13.0. The van der Waals surface area contributed by atoms with Crippen molar-refractivity contribution in [1.82, 2.24) is 14.6 Å². The lowest BCUT2D eigenvalue weighted by Crippen LogP contribution is -1.96. The van der Waals surface area contributed by atoms with Gasteiger partial charge in [-0.3, -0.25) is 4.79 Å². The topological polar surface area (TPSA) is 47.3 Å². The van der Waals surface area contributed by atoms with Gasteiger partial charge in [0.05, 0.1) is 0 Å². The number of aldehydes is 1. The summed E-state index contributed by atoms with van der Waals surface area (Å²) in [5.74, 6) is -0.270. The standard InChI is InChI=1S/C18H11ClFN3OS/c19-13-5-3-12(4-6-13)17-15(10-24)23-18(21-17)25-16(22-23)9-11-1-7-14(20)8-2-11/h1-8,10H,9H2. The van der Waals surface area contributed by atoms with Crippen LogP contribution >= 0.6 is 22.9 Å². The van der Waals surface area contributed by atoms with Crippen molar-refractivity contribution in [2.24, 2.45) is 0 Å². The molecule has 0 aliphatic carbocycles. The van der Waals surface area contributed by atoms with E-state index in [2.05, 4.69) is 10.1 Å². The zero-order valence-corrected chi connectivity index (χ0v) is 14.4. The predicted octanol–water partition coefficient (Wildman–Crippen LogP) is 4.65. The minimum absolute atomic E-state index is 0.270. The summed E-state index contributed by atoms with van der Waals surface area (Å²) in [5.41, 5.74) is 2.74. The molecule has 4 aromatic rings. The lowest BCUT2D eigenvalue weighted by Gasteiger charge is -1.99. The van der Waals surface area contributed by atoms with Crippen LogP contribution in [0.5, 0.6) is 0 Å². The monoisotopic (exact) mass is 371 g/mol. The normalized spacial score (nSPS) is 11.1. The first-order valence-electron chi connectivity index (χ1n) is 7.48. The quantitative estimate of drug-likeness (QED) is 0.490. The van der Waals surface area contributed by atoms with E-state index in [1.165, 1.54) is 23.5 Å². The molecule has 0 aliphatic rings. The third kappa shape index (κ3) is 3.06. The van der Waals surface area contributed by atoms with Gasteiger partial charge in [0.1, 0.15) is 22.2 Å². The zero-order chi connectivity index (χ0) is 17.4. The Hall–Kier alpha value is -2.57. The van der Waals surface area contributed by atoms with E-state index < -0.39 is 0 Å². The van der Waals surface area contributed by atoms with Gasteiger partial charge in [-0.2, -0.15) is 9.61 Å². The SMILES string of the molecule is O=Cc1c(-c2ccc(Cl)cc2)nc2sc(Cc3ccc(F)cc3)nn12. The van der Waals surface area contributed by atoms with Gasteiger partial charge in [0, 0.05) is 17.0 Å². The van der Waals surface area contributed by atoms with Crippen molar-refractivity contribution in [2.75, 3.05) is 0 Å². The van der Waals surface area contributed by atoms with Crippen molar-refractivity contribution in [2.45, 2.75) is 6.42 Å². The first-order chi connectivity index (χ1) is 12.1. The first-order valence-corrected chi connectivity index (χ1v) is 8.67. The average Bonchev–Trinajstić information content (AvgIpc) is 3.14. The van der Waals surface area contributed by atoms with Crippen molar-refractivity contribution >= 4 is 34.2 Å². The molecule has 2 aromatic heterocycles. The van der Waals surface area contributed by atoms with Crippen molar-refractivity contribution in [3.05, 3.63) is 75.6 Å². The average molecular weight is 372 g/mol. The summed E-state index contributed by atoms with van der Waals surface area (Å²) in [7, 11) is 0. The Morgan fingerprint density at radius 1 is 1.12 bits per heavy atom. The van der Waals surface area contributed by atoms with Crippen molar-refractivity contribution in [1.29, 1.82) is 0 Å². The summed E-state index contributed by atoms with van der Waals surface area (Å²) in [6.07, 6.45) is 1.31. The van der Waals surface area contributed by atoms with Crippen LogP contribution in [-0.4, -0.2) is 20.9 Å². The lowest BCUT2D eigenvalue weighted by atomic mass is 10.1. The van der Waals surface area contributed by atoms with Crippen LogP contribution in [0.15, 0.2) is 48.5 Å². The Bertz CT molecular complexity index is 1050. The smallest absolute Gasteiger partial charge is 0.213 e. The fraction of sp³-hybridized carbons (Fsp3) is 0.0556. The Morgan fingerprint density at radius 2 is 1.84 bits per heavy atom. The molecular formula is C18H11ClFN3OS. The van der Waals surface area contributed by atoms with E-state index in [1.54, 1.807) is 28.8 Å². The molecule has 4 nitrogen and oxygen atoms in total. The Balaban J connectivity index is 1.72. The first kappa shape index (κ1) is 15.9. The minimum Gasteiger partial charge on any atom is -0.296 e. The molecule has 0 N–H and O–H groups in total. The van der Waals surface area contributed by atoms with Gasteiger partial charge in [-0.25, -0.2) is 9.37 Å². The molecular weight excluding hydrogens is 361 g/mol. The van der Waals surface area contributed by atoms with Crippen LogP contribution in [0.4, 0.5) is 4.39 Å². The molecule has 2 aromatic carbocycles. The number of hydrogen-bond acceptors (Lipinski definition) is 4. The van der Waals surface area contributed by atoms with Crippen LogP contribution in [-0.2, 0) is 6.42 Å². The highest BCUT2D eigenvalue weighted by molar-refractivity contribution is 7.16. The van der Waals surface area contributed by atoms with Crippen LogP contribution in [0, 0.1) is 5.82 Å². The molecule has 2 heterocycles. The van der Waals surface area contributed by atoms with E-state index in [9.17, 15) is 9.18 Å². The second kappa shape index (κ2) is 6.38. The molecule has 0 saturated heterocycles. The molecule has 0 atom stereocenters. The summed E-state index contributed by atoms with van der Waals surface area (Å²) in [4.78, 5) is 16.8. The number of nitrogens with zero attached hydrogens (tertiary/aromatic N) is 3. The van der Waals surface area contributed by atoms with E-state index in [0.717, 1.165) is 22.4 Å². The summed E-state index contributed by atoms with van der Waals surface area (Å²) in [6, 6.07) is 13.4. The molecule has 0 unspecified atom stereocenters. The molecule has 0 bridgehead atoms. The van der Waals surface area contributed by atoms with Crippen molar-refractivity contribution in [3.8, 4) is 11.3 Å². The molecule has 0 fully saturated rings. The molecule has 0 radical (unpaired) electrons. The third-order valence-electron chi connectivity index (χ3n) is 3.78. The van der Waals surface area contributed by atoms with E-state index in [4.69, 9.17) is 11.6 Å². The van der Waals surface area contributed by atoms with Gasteiger partial charge in [0.15, 0.2) is 6.29 Å². The molecule has 0 aliphatic heterocycles. The second-order valence-corrected chi connectivity index (χ2v) is 6.94. The van der Waals surface area contributed by atoms with E-state index in [1.807, 2.05) is 12.1 Å². The van der Waals surface area contributed by atoms with Gasteiger partial charge in [-0.1, -0.05) is 47.2 Å². The number of halogens is 2. The summed E-state index contributed by atoms with van der Waals surface area (Å²) < 4.78 is 14.6. The maximum Gasteiger partial charge on any atom is 0.213 e. The number of aromatic nitrogens is 3. The van der Waals surface area contributed by atoms with Crippen LogP contribution in [0.3, 0.4) is 0 Å². The van der Waals surface area contributed by atoms with Crippen molar-refractivity contribution < 1.29 is 9.18 Å². The van der Waals surface area contributed by atoms with Gasteiger partial charge in [-0.15, -0.1) is 0 Å². The molecule has 124 valence electrons. The lowest BCUT2D eigenvalue weighted by molar-refractivity contribution is 0.111. The predicted molar refractivity (Wildman–Crippen MR) is 95.9 cm³/mol. The number of fused-ring (bicyclic) bond motifs is 1. The van der Waals surface area contributed by atoms with Crippen LogP contribution in [0.1, 0.15) is 21.1 Å². The fourth-order valence-corrected chi connectivity index (χ4v) is 3.64. The second-order valence-electron chi connectivity index (χ2n) is 5.46. The minimum atomic E-state index is -0.270.